The average Bonchev–Trinajstić information content (AvgIpc) is 3.54. The molecule has 0 bridgehead atoms. The standard InChI is InChI=1S/C22H27N5OS/c1-16(20(28)26(2)22(15-23)13-7-4-8-14-22)29-21-25-24-19(17-11-12-17)27(21)18-9-5-3-6-10-18/h3,5-6,9-10,16-17H,4,7-8,11-14H2,1-2H3/t16-/m1/s1. The van der Waals surface area contributed by atoms with Crippen LogP contribution < -0.4 is 0 Å². The van der Waals surface area contributed by atoms with E-state index >= 15 is 0 Å². The molecule has 0 aliphatic heterocycles. The molecule has 1 aromatic heterocycles. The Hall–Kier alpha value is -2.33. The number of carbonyl (C=O) groups is 1. The molecule has 1 aromatic carbocycles. The summed E-state index contributed by atoms with van der Waals surface area (Å²) in [6, 6.07) is 12.5. The Morgan fingerprint density at radius 3 is 2.55 bits per heavy atom. The Morgan fingerprint density at radius 1 is 1.24 bits per heavy atom. The van der Waals surface area contributed by atoms with Crippen LogP contribution in [0, 0.1) is 11.3 Å². The van der Waals surface area contributed by atoms with Crippen LogP contribution in [0.25, 0.3) is 5.69 Å². The summed E-state index contributed by atoms with van der Waals surface area (Å²) in [7, 11) is 1.78. The van der Waals surface area contributed by atoms with Crippen molar-refractivity contribution in [3.63, 3.8) is 0 Å². The molecule has 0 spiro atoms. The van der Waals surface area contributed by atoms with E-state index in [4.69, 9.17) is 0 Å². The number of amides is 1. The molecule has 1 heterocycles. The molecule has 29 heavy (non-hydrogen) atoms. The van der Waals surface area contributed by atoms with Crippen molar-refractivity contribution in [1.29, 1.82) is 5.26 Å². The second kappa shape index (κ2) is 8.19. The van der Waals surface area contributed by atoms with Crippen LogP contribution in [0.4, 0.5) is 0 Å². The van der Waals surface area contributed by atoms with Gasteiger partial charge in [-0.1, -0.05) is 49.2 Å². The molecule has 6 nitrogen and oxygen atoms in total. The van der Waals surface area contributed by atoms with Crippen LogP contribution in [0.1, 0.15) is 63.6 Å². The second-order valence-corrected chi connectivity index (χ2v) is 9.46. The fourth-order valence-corrected chi connectivity index (χ4v) is 5.10. The predicted octanol–water partition coefficient (Wildman–Crippen LogP) is 4.31. The lowest BCUT2D eigenvalue weighted by molar-refractivity contribution is -0.133. The van der Waals surface area contributed by atoms with Crippen molar-refractivity contribution in [3.05, 3.63) is 36.2 Å². The molecule has 1 amide bonds. The fourth-order valence-electron chi connectivity index (χ4n) is 4.13. The first-order chi connectivity index (χ1) is 14.1. The highest BCUT2D eigenvalue weighted by molar-refractivity contribution is 8.00. The Labute approximate surface area is 176 Å². The zero-order chi connectivity index (χ0) is 20.4. The number of aromatic nitrogens is 3. The van der Waals surface area contributed by atoms with Crippen LogP contribution in [0.2, 0.25) is 0 Å². The minimum absolute atomic E-state index is 0.0194. The second-order valence-electron chi connectivity index (χ2n) is 8.15. The molecular weight excluding hydrogens is 382 g/mol. The van der Waals surface area contributed by atoms with Crippen molar-refractivity contribution in [2.45, 2.75) is 73.7 Å². The number of benzene rings is 1. The van der Waals surface area contributed by atoms with Gasteiger partial charge >= 0.3 is 0 Å². The first-order valence-corrected chi connectivity index (χ1v) is 11.3. The normalized spacial score (nSPS) is 19.3. The van der Waals surface area contributed by atoms with Gasteiger partial charge in [-0.05, 0) is 44.7 Å². The van der Waals surface area contributed by atoms with Gasteiger partial charge in [0.15, 0.2) is 5.16 Å². The van der Waals surface area contributed by atoms with Gasteiger partial charge < -0.3 is 4.90 Å². The smallest absolute Gasteiger partial charge is 0.236 e. The third-order valence-electron chi connectivity index (χ3n) is 6.11. The van der Waals surface area contributed by atoms with E-state index in [0.29, 0.717) is 5.92 Å². The van der Waals surface area contributed by atoms with Crippen molar-refractivity contribution < 1.29 is 4.79 Å². The number of hydrogen-bond donors (Lipinski definition) is 0. The number of thioether (sulfide) groups is 1. The molecule has 4 rings (SSSR count). The first-order valence-electron chi connectivity index (χ1n) is 10.4. The van der Waals surface area contributed by atoms with E-state index in [1.807, 2.05) is 37.3 Å². The minimum atomic E-state index is -0.670. The molecule has 2 fully saturated rings. The minimum Gasteiger partial charge on any atom is -0.326 e. The van der Waals surface area contributed by atoms with E-state index in [1.165, 1.54) is 11.8 Å². The van der Waals surface area contributed by atoms with Gasteiger partial charge in [0.2, 0.25) is 5.91 Å². The first kappa shape index (κ1) is 20.0. The lowest BCUT2D eigenvalue weighted by Gasteiger charge is -2.40. The van der Waals surface area contributed by atoms with Crippen LogP contribution in [-0.2, 0) is 4.79 Å². The van der Waals surface area contributed by atoms with Crippen LogP contribution in [0.3, 0.4) is 0 Å². The zero-order valence-electron chi connectivity index (χ0n) is 17.0. The highest BCUT2D eigenvalue weighted by atomic mass is 32.2. The molecule has 0 N–H and O–H groups in total. The van der Waals surface area contributed by atoms with Crippen molar-refractivity contribution >= 4 is 17.7 Å². The summed E-state index contributed by atoms with van der Waals surface area (Å²) in [6.45, 7) is 1.90. The van der Waals surface area contributed by atoms with Gasteiger partial charge in [0, 0.05) is 18.7 Å². The van der Waals surface area contributed by atoms with Crippen LogP contribution in [0.15, 0.2) is 35.5 Å². The maximum atomic E-state index is 13.2. The molecule has 0 unspecified atom stereocenters. The van der Waals surface area contributed by atoms with Crippen molar-refractivity contribution in [3.8, 4) is 11.8 Å². The van der Waals surface area contributed by atoms with Crippen LogP contribution >= 0.6 is 11.8 Å². The number of para-hydroxylation sites is 1. The average molecular weight is 410 g/mol. The summed E-state index contributed by atoms with van der Waals surface area (Å²) < 4.78 is 2.09. The van der Waals surface area contributed by atoms with Gasteiger partial charge in [0.1, 0.15) is 11.4 Å². The van der Waals surface area contributed by atoms with E-state index in [-0.39, 0.29) is 11.2 Å². The number of nitriles is 1. The number of carbonyl (C=O) groups excluding carboxylic acids is 1. The summed E-state index contributed by atoms with van der Waals surface area (Å²) in [5, 5.41) is 19.1. The third kappa shape index (κ3) is 3.91. The molecule has 0 saturated heterocycles. The Morgan fingerprint density at radius 2 is 1.93 bits per heavy atom. The highest BCUT2D eigenvalue weighted by Gasteiger charge is 2.40. The summed E-state index contributed by atoms with van der Waals surface area (Å²) in [6.07, 6.45) is 6.93. The molecule has 2 aromatic rings. The summed E-state index contributed by atoms with van der Waals surface area (Å²) in [4.78, 5) is 14.9. The largest absolute Gasteiger partial charge is 0.326 e. The summed E-state index contributed by atoms with van der Waals surface area (Å²) >= 11 is 1.43. The SMILES string of the molecule is C[C@@H](Sc1nnc(C2CC2)n1-c1ccccc1)C(=O)N(C)C1(C#N)CCCCC1. The topological polar surface area (TPSA) is 74.8 Å². The molecule has 2 aliphatic carbocycles. The molecule has 2 saturated carbocycles. The van der Waals surface area contributed by atoms with Gasteiger partial charge in [-0.2, -0.15) is 5.26 Å². The van der Waals surface area contributed by atoms with Gasteiger partial charge in [0.05, 0.1) is 11.3 Å². The Kier molecular flexibility index (Phi) is 5.64. The predicted molar refractivity (Wildman–Crippen MR) is 113 cm³/mol. The van der Waals surface area contributed by atoms with E-state index < -0.39 is 5.54 Å². The molecule has 0 radical (unpaired) electrons. The van der Waals surface area contributed by atoms with E-state index in [2.05, 4.69) is 20.8 Å². The number of hydrogen-bond acceptors (Lipinski definition) is 5. The maximum absolute atomic E-state index is 13.2. The van der Waals surface area contributed by atoms with Gasteiger partial charge in [-0.3, -0.25) is 9.36 Å². The summed E-state index contributed by atoms with van der Waals surface area (Å²) in [5.41, 5.74) is 0.354. The fraction of sp³-hybridized carbons (Fsp3) is 0.545. The molecule has 1 atom stereocenters. The van der Waals surface area contributed by atoms with Crippen molar-refractivity contribution in [1.82, 2.24) is 19.7 Å². The molecular formula is C22H27N5OS. The monoisotopic (exact) mass is 409 g/mol. The maximum Gasteiger partial charge on any atom is 0.236 e. The highest BCUT2D eigenvalue weighted by Crippen LogP contribution is 2.42. The van der Waals surface area contributed by atoms with Crippen LogP contribution in [0.5, 0.6) is 0 Å². The number of nitrogens with zero attached hydrogens (tertiary/aromatic N) is 5. The lowest BCUT2D eigenvalue weighted by Crippen LogP contribution is -2.52. The Balaban J connectivity index is 1.56. The summed E-state index contributed by atoms with van der Waals surface area (Å²) in [5.74, 6) is 1.41. The van der Waals surface area contributed by atoms with E-state index in [9.17, 15) is 10.1 Å². The van der Waals surface area contributed by atoms with Crippen LogP contribution in [-0.4, -0.2) is 43.4 Å². The van der Waals surface area contributed by atoms with Gasteiger partial charge in [-0.15, -0.1) is 10.2 Å². The molecule has 152 valence electrons. The van der Waals surface area contributed by atoms with E-state index in [0.717, 1.165) is 61.6 Å². The van der Waals surface area contributed by atoms with Gasteiger partial charge in [-0.25, -0.2) is 0 Å². The zero-order valence-corrected chi connectivity index (χ0v) is 17.9. The Bertz CT molecular complexity index is 909. The molecule has 7 heteroatoms. The lowest BCUT2D eigenvalue weighted by atomic mass is 9.81. The van der Waals surface area contributed by atoms with Gasteiger partial charge in [0.25, 0.3) is 0 Å². The molecule has 2 aliphatic rings. The van der Waals surface area contributed by atoms with E-state index in [1.54, 1.807) is 11.9 Å². The quantitative estimate of drug-likeness (QED) is 0.665. The third-order valence-corrected chi connectivity index (χ3v) is 7.14. The van der Waals surface area contributed by atoms with Crippen molar-refractivity contribution in [2.24, 2.45) is 0 Å². The number of rotatable bonds is 6. The van der Waals surface area contributed by atoms with Crippen molar-refractivity contribution in [2.75, 3.05) is 7.05 Å².